The summed E-state index contributed by atoms with van der Waals surface area (Å²) in [6.45, 7) is 0. The molecule has 0 unspecified atom stereocenters. The van der Waals surface area contributed by atoms with Crippen molar-refractivity contribution in [3.63, 3.8) is 0 Å². The predicted octanol–water partition coefficient (Wildman–Crippen LogP) is 0.979. The van der Waals surface area contributed by atoms with Crippen molar-refractivity contribution in [3.05, 3.63) is 30.2 Å². The molecule has 2 rings (SSSR count). The lowest BCUT2D eigenvalue weighted by Crippen LogP contribution is -2.37. The Balaban J connectivity index is 2.30. The van der Waals surface area contributed by atoms with Crippen LogP contribution in [-0.2, 0) is 0 Å². The van der Waals surface area contributed by atoms with Gasteiger partial charge in [0.2, 0.25) is 0 Å². The number of alkyl halides is 3. The summed E-state index contributed by atoms with van der Waals surface area (Å²) in [7, 11) is 0. The van der Waals surface area contributed by atoms with Crippen LogP contribution >= 0.6 is 0 Å². The van der Waals surface area contributed by atoms with E-state index in [4.69, 9.17) is 0 Å². The molecule has 0 fully saturated rings. The summed E-state index contributed by atoms with van der Waals surface area (Å²) < 4.78 is 36.8. The summed E-state index contributed by atoms with van der Waals surface area (Å²) >= 11 is 0. The summed E-state index contributed by atoms with van der Waals surface area (Å²) in [6, 6.07) is 2.71. The van der Waals surface area contributed by atoms with Crippen molar-refractivity contribution in [2.24, 2.45) is 0 Å². The topological polar surface area (TPSA) is 59.3 Å². The minimum atomic E-state index is -4.76. The number of hydrogen-bond donors (Lipinski definition) is 1. The van der Waals surface area contributed by atoms with Gasteiger partial charge in [-0.05, 0) is 6.07 Å². The summed E-state index contributed by atoms with van der Waals surface area (Å²) in [4.78, 5) is 14.9. The van der Waals surface area contributed by atoms with Crippen molar-refractivity contribution in [3.8, 4) is 0 Å². The highest BCUT2D eigenvalue weighted by Crippen LogP contribution is 2.11. The Morgan fingerprint density at radius 3 is 2.81 bits per heavy atom. The number of amides is 1. The average Bonchev–Trinajstić information content (AvgIpc) is 2.58. The molecule has 2 aromatic heterocycles. The van der Waals surface area contributed by atoms with Crippen molar-refractivity contribution >= 4 is 11.6 Å². The van der Waals surface area contributed by atoms with Gasteiger partial charge in [-0.2, -0.15) is 18.3 Å². The molecule has 0 aliphatic rings. The molecule has 0 aliphatic carbocycles. The minimum absolute atomic E-state index is 0.301. The number of carbonyl (C=O) groups is 1. The van der Waals surface area contributed by atoms with Crippen LogP contribution in [0.2, 0.25) is 0 Å². The van der Waals surface area contributed by atoms with Crippen LogP contribution in [0.15, 0.2) is 24.5 Å². The van der Waals surface area contributed by atoms with Crippen LogP contribution in [0.5, 0.6) is 0 Å². The van der Waals surface area contributed by atoms with Crippen molar-refractivity contribution in [2.45, 2.75) is 6.30 Å². The molecule has 0 bridgehead atoms. The normalized spacial score (nSPS) is 11.7. The van der Waals surface area contributed by atoms with Gasteiger partial charge in [0.25, 0.3) is 5.91 Å². The van der Waals surface area contributed by atoms with E-state index in [2.05, 4.69) is 10.1 Å². The predicted molar refractivity (Wildman–Crippen MR) is 46.5 cm³/mol. The Morgan fingerprint density at radius 2 is 2.19 bits per heavy atom. The van der Waals surface area contributed by atoms with Crippen molar-refractivity contribution in [2.75, 3.05) is 0 Å². The standard InChI is InChI=1S/C8H5F3N4O/c9-8(10,11)13-7(16)5-4-6-12-2-1-3-15(6)14-5/h1-4H,(H,13,16). The number of hydrogen-bond acceptors (Lipinski definition) is 3. The third-order valence-electron chi connectivity index (χ3n) is 1.72. The Labute approximate surface area is 86.9 Å². The van der Waals surface area contributed by atoms with Crippen LogP contribution < -0.4 is 5.32 Å². The van der Waals surface area contributed by atoms with E-state index in [0.717, 1.165) is 5.32 Å². The molecule has 0 spiro atoms. The van der Waals surface area contributed by atoms with Crippen LogP contribution in [0.3, 0.4) is 0 Å². The number of rotatable bonds is 1. The highest BCUT2D eigenvalue weighted by atomic mass is 19.4. The van der Waals surface area contributed by atoms with Gasteiger partial charge < -0.3 is 0 Å². The molecular formula is C8H5F3N4O. The van der Waals surface area contributed by atoms with E-state index in [1.807, 2.05) is 0 Å². The van der Waals surface area contributed by atoms with E-state index >= 15 is 0 Å². The van der Waals surface area contributed by atoms with Crippen molar-refractivity contribution in [1.29, 1.82) is 0 Å². The fourth-order valence-corrected chi connectivity index (χ4v) is 1.13. The molecule has 5 nitrogen and oxygen atoms in total. The first kappa shape index (κ1) is 10.4. The molecule has 0 atom stereocenters. The zero-order valence-electron chi connectivity index (χ0n) is 7.69. The van der Waals surface area contributed by atoms with E-state index < -0.39 is 12.2 Å². The maximum atomic E-state index is 11.9. The van der Waals surface area contributed by atoms with Gasteiger partial charge in [-0.15, -0.1) is 0 Å². The molecule has 0 aromatic carbocycles. The lowest BCUT2D eigenvalue weighted by atomic mass is 10.4. The molecule has 8 heteroatoms. The number of fused-ring (bicyclic) bond motifs is 1. The zero-order valence-corrected chi connectivity index (χ0v) is 7.69. The third-order valence-corrected chi connectivity index (χ3v) is 1.72. The Kier molecular flexibility index (Phi) is 2.26. The lowest BCUT2D eigenvalue weighted by molar-refractivity contribution is -0.146. The van der Waals surface area contributed by atoms with E-state index in [1.54, 1.807) is 6.07 Å². The number of nitrogens with one attached hydrogen (secondary N) is 1. The van der Waals surface area contributed by atoms with E-state index in [9.17, 15) is 18.0 Å². The Hall–Kier alpha value is -2.12. The van der Waals surface area contributed by atoms with E-state index in [-0.39, 0.29) is 5.69 Å². The van der Waals surface area contributed by atoms with Crippen LogP contribution in [0, 0.1) is 0 Å². The first-order valence-electron chi connectivity index (χ1n) is 4.15. The van der Waals surface area contributed by atoms with Gasteiger partial charge in [0.05, 0.1) is 0 Å². The summed E-state index contributed by atoms with van der Waals surface area (Å²) in [5, 5.41) is 4.49. The third kappa shape index (κ3) is 2.10. The summed E-state index contributed by atoms with van der Waals surface area (Å²) in [5.74, 6) is -1.31. The fourth-order valence-electron chi connectivity index (χ4n) is 1.13. The van der Waals surface area contributed by atoms with Gasteiger partial charge >= 0.3 is 6.30 Å². The molecule has 84 valence electrons. The van der Waals surface area contributed by atoms with Gasteiger partial charge in [-0.1, -0.05) is 0 Å². The van der Waals surface area contributed by atoms with Gasteiger partial charge in [0.1, 0.15) is 0 Å². The second-order valence-corrected chi connectivity index (χ2v) is 2.90. The highest BCUT2D eigenvalue weighted by molar-refractivity contribution is 5.93. The maximum absolute atomic E-state index is 11.9. The van der Waals surface area contributed by atoms with Crippen LogP contribution in [0.4, 0.5) is 13.2 Å². The molecule has 0 radical (unpaired) electrons. The molecule has 0 saturated heterocycles. The zero-order chi connectivity index (χ0) is 11.8. The molecule has 1 N–H and O–H groups in total. The number of halogens is 3. The molecular weight excluding hydrogens is 225 g/mol. The minimum Gasteiger partial charge on any atom is -0.267 e. The molecule has 2 aromatic rings. The molecule has 0 aliphatic heterocycles. The molecule has 16 heavy (non-hydrogen) atoms. The maximum Gasteiger partial charge on any atom is 0.484 e. The fraction of sp³-hybridized carbons (Fsp3) is 0.125. The van der Waals surface area contributed by atoms with E-state index in [0.29, 0.717) is 5.65 Å². The van der Waals surface area contributed by atoms with Crippen molar-refractivity contribution in [1.82, 2.24) is 19.9 Å². The summed E-state index contributed by atoms with van der Waals surface area (Å²) in [6.07, 6.45) is -1.84. The molecule has 1 amide bonds. The smallest absolute Gasteiger partial charge is 0.267 e. The van der Waals surface area contributed by atoms with Gasteiger partial charge in [-0.25, -0.2) is 9.50 Å². The molecule has 2 heterocycles. The van der Waals surface area contributed by atoms with Gasteiger partial charge in [-0.3, -0.25) is 10.1 Å². The van der Waals surface area contributed by atoms with Crippen molar-refractivity contribution < 1.29 is 18.0 Å². The lowest BCUT2D eigenvalue weighted by Gasteiger charge is -2.05. The monoisotopic (exact) mass is 230 g/mol. The largest absolute Gasteiger partial charge is 0.484 e. The van der Waals surface area contributed by atoms with E-state index in [1.165, 1.54) is 23.0 Å². The Bertz CT molecular complexity index is 500. The number of aromatic nitrogens is 3. The van der Waals surface area contributed by atoms with Crippen LogP contribution in [0.25, 0.3) is 5.65 Å². The summed E-state index contributed by atoms with van der Waals surface area (Å²) in [5.41, 5.74) is -0.0363. The quantitative estimate of drug-likeness (QED) is 0.743. The first-order chi connectivity index (χ1) is 7.46. The highest BCUT2D eigenvalue weighted by Gasteiger charge is 2.31. The average molecular weight is 230 g/mol. The SMILES string of the molecule is O=C(NC(F)(F)F)c1cc2ncccn2n1. The number of carbonyl (C=O) groups excluding carboxylic acids is 1. The van der Waals surface area contributed by atoms with Crippen LogP contribution in [0.1, 0.15) is 10.5 Å². The second-order valence-electron chi connectivity index (χ2n) is 2.90. The Morgan fingerprint density at radius 1 is 1.44 bits per heavy atom. The van der Waals surface area contributed by atoms with Gasteiger partial charge in [0.15, 0.2) is 11.3 Å². The second kappa shape index (κ2) is 3.47. The van der Waals surface area contributed by atoms with Crippen LogP contribution in [-0.4, -0.2) is 26.8 Å². The first-order valence-corrected chi connectivity index (χ1v) is 4.15. The molecule has 0 saturated carbocycles. The van der Waals surface area contributed by atoms with Gasteiger partial charge in [0, 0.05) is 18.5 Å². The number of nitrogens with zero attached hydrogens (tertiary/aromatic N) is 3.